The number of hydrogen-bond donors (Lipinski definition) is 0. The predicted octanol–water partition coefficient (Wildman–Crippen LogP) is 3.12. The summed E-state index contributed by atoms with van der Waals surface area (Å²) >= 11 is 0. The maximum absolute atomic E-state index is 13.5. The van der Waals surface area contributed by atoms with Crippen LogP contribution in [0.25, 0.3) is 0 Å². The molecule has 0 atom stereocenters. The number of aryl methyl sites for hydroxylation is 1. The molecular weight excluding hydrogens is 365 g/mol. The maximum atomic E-state index is 13.5. The average molecular weight is 393 g/mol. The molecule has 1 saturated heterocycles. The monoisotopic (exact) mass is 393 g/mol. The minimum atomic E-state index is -0.693. The van der Waals surface area contributed by atoms with Crippen LogP contribution in [0.4, 0.5) is 0 Å². The number of hydrogen-bond acceptors (Lipinski definition) is 5. The normalized spacial score (nSPS) is 18.0. The van der Waals surface area contributed by atoms with Crippen molar-refractivity contribution in [3.8, 4) is 6.07 Å². The Kier molecular flexibility index (Phi) is 5.01. The van der Waals surface area contributed by atoms with Gasteiger partial charge in [-0.25, -0.2) is 0 Å². The first-order chi connectivity index (χ1) is 13.3. The number of rotatable bonds is 3. The predicted molar refractivity (Wildman–Crippen MR) is 112 cm³/mol. The number of aromatic nitrogens is 2. The molecule has 152 valence electrons. The molecule has 7 heteroatoms. The first-order valence-corrected chi connectivity index (χ1v) is 9.76. The number of carbonyl (C=O) groups excluding carboxylic acids is 1. The molecule has 1 aromatic carbocycles. The largest absolute Gasteiger partial charge is 0.495 e. The lowest BCUT2D eigenvalue weighted by Gasteiger charge is -2.32. The summed E-state index contributed by atoms with van der Waals surface area (Å²) in [4.78, 5) is 13.5. The fraction of sp³-hybridized carbons (Fsp3) is 0.500. The topological polar surface area (TPSA) is 77.1 Å². The molecule has 0 aliphatic carbocycles. The highest BCUT2D eigenvalue weighted by Crippen LogP contribution is 2.37. The molecule has 1 aliphatic heterocycles. The first-order valence-electron chi connectivity index (χ1n) is 9.76. The fourth-order valence-electron chi connectivity index (χ4n) is 3.18. The molecule has 2 aromatic rings. The van der Waals surface area contributed by atoms with Crippen molar-refractivity contribution < 1.29 is 14.1 Å². The zero-order valence-corrected chi connectivity index (χ0v) is 18.5. The van der Waals surface area contributed by atoms with Gasteiger partial charge in [0.2, 0.25) is 5.78 Å². The highest BCUT2D eigenvalue weighted by Gasteiger charge is 2.52. The summed E-state index contributed by atoms with van der Waals surface area (Å²) < 4.78 is 13.9. The van der Waals surface area contributed by atoms with Crippen LogP contribution in [0, 0.1) is 11.3 Å². The van der Waals surface area contributed by atoms with Crippen molar-refractivity contribution in [2.75, 3.05) is 0 Å². The van der Waals surface area contributed by atoms with Gasteiger partial charge in [-0.1, -0.05) is 26.8 Å². The van der Waals surface area contributed by atoms with Gasteiger partial charge in [-0.05, 0) is 51.4 Å². The summed E-state index contributed by atoms with van der Waals surface area (Å²) in [6.45, 7) is 14.0. The van der Waals surface area contributed by atoms with Crippen molar-refractivity contribution in [3.63, 3.8) is 0 Å². The lowest BCUT2D eigenvalue weighted by atomic mass is 9.74. The van der Waals surface area contributed by atoms with Crippen molar-refractivity contribution in [2.45, 2.75) is 65.1 Å². The zero-order valence-electron chi connectivity index (χ0n) is 18.5. The van der Waals surface area contributed by atoms with Crippen LogP contribution in [0.5, 0.6) is 0 Å². The molecule has 1 aliphatic rings. The summed E-state index contributed by atoms with van der Waals surface area (Å²) in [7, 11) is 1.06. The van der Waals surface area contributed by atoms with Gasteiger partial charge in [-0.3, -0.25) is 9.48 Å². The van der Waals surface area contributed by atoms with Gasteiger partial charge >= 0.3 is 7.12 Å². The lowest BCUT2D eigenvalue weighted by molar-refractivity contribution is 0.00578. The van der Waals surface area contributed by atoms with Gasteiger partial charge in [0.1, 0.15) is 5.69 Å². The highest BCUT2D eigenvalue weighted by molar-refractivity contribution is 6.64. The highest BCUT2D eigenvalue weighted by atomic mass is 16.7. The molecule has 0 radical (unpaired) electrons. The molecule has 0 amide bonds. The van der Waals surface area contributed by atoms with Crippen LogP contribution in [0.3, 0.4) is 0 Å². The fourth-order valence-corrected chi connectivity index (χ4v) is 3.18. The number of benzene rings is 1. The molecule has 3 rings (SSSR count). The first kappa shape index (κ1) is 21.3. The number of nitrogens with zero attached hydrogens (tertiary/aromatic N) is 3. The third-order valence-electron chi connectivity index (χ3n) is 5.82. The van der Waals surface area contributed by atoms with Gasteiger partial charge in [0.15, 0.2) is 0 Å². The van der Waals surface area contributed by atoms with Crippen LogP contribution < -0.4 is 5.46 Å². The van der Waals surface area contributed by atoms with E-state index in [1.165, 1.54) is 0 Å². The van der Waals surface area contributed by atoms with Crippen LogP contribution in [0.2, 0.25) is 0 Å². The molecule has 1 fully saturated rings. The Hall–Kier alpha value is -2.43. The molecule has 0 bridgehead atoms. The third kappa shape index (κ3) is 3.75. The van der Waals surface area contributed by atoms with Crippen LogP contribution in [-0.4, -0.2) is 33.9 Å². The lowest BCUT2D eigenvalue weighted by Crippen LogP contribution is -2.41. The summed E-state index contributed by atoms with van der Waals surface area (Å²) in [5.74, 6) is -0.211. The van der Waals surface area contributed by atoms with Crippen molar-refractivity contribution in [1.29, 1.82) is 5.26 Å². The van der Waals surface area contributed by atoms with Crippen molar-refractivity contribution in [2.24, 2.45) is 7.05 Å². The smallest absolute Gasteiger partial charge is 0.399 e. The van der Waals surface area contributed by atoms with E-state index in [-0.39, 0.29) is 11.2 Å². The SMILES string of the molecule is Cn1nc(C(C)(C)C)cc1C(=O)c1cc(C#N)ccc1B1OC(C)(C)C(C)(C)O1. The molecule has 0 unspecified atom stereocenters. The van der Waals surface area contributed by atoms with E-state index in [4.69, 9.17) is 9.31 Å². The van der Waals surface area contributed by atoms with Gasteiger partial charge in [0.25, 0.3) is 0 Å². The Morgan fingerprint density at radius 1 is 1.14 bits per heavy atom. The van der Waals surface area contributed by atoms with Crippen LogP contribution in [0.1, 0.15) is 75.8 Å². The van der Waals surface area contributed by atoms with Gasteiger partial charge in [0, 0.05) is 18.0 Å². The van der Waals surface area contributed by atoms with E-state index in [1.54, 1.807) is 29.9 Å². The molecular formula is C22H28BN3O3. The second kappa shape index (κ2) is 6.82. The zero-order chi connectivity index (χ0) is 21.8. The Bertz CT molecular complexity index is 993. The van der Waals surface area contributed by atoms with E-state index in [2.05, 4.69) is 31.9 Å². The van der Waals surface area contributed by atoms with Gasteiger partial charge in [-0.15, -0.1) is 0 Å². The molecule has 0 saturated carbocycles. The molecule has 2 heterocycles. The number of ketones is 1. The molecule has 1 aromatic heterocycles. The Morgan fingerprint density at radius 2 is 1.72 bits per heavy atom. The van der Waals surface area contributed by atoms with E-state index in [9.17, 15) is 10.1 Å². The number of carbonyl (C=O) groups is 1. The second-order valence-electron chi connectivity index (χ2n) is 9.62. The summed E-state index contributed by atoms with van der Waals surface area (Å²) in [5.41, 5.74) is 1.47. The molecule has 6 nitrogen and oxygen atoms in total. The third-order valence-corrected chi connectivity index (χ3v) is 5.82. The second-order valence-corrected chi connectivity index (χ2v) is 9.62. The van der Waals surface area contributed by atoms with E-state index in [0.29, 0.717) is 22.3 Å². The minimum Gasteiger partial charge on any atom is -0.399 e. The number of nitriles is 1. The van der Waals surface area contributed by atoms with E-state index >= 15 is 0 Å². The molecule has 29 heavy (non-hydrogen) atoms. The Balaban J connectivity index is 2.09. The summed E-state index contributed by atoms with van der Waals surface area (Å²) in [6, 6.07) is 8.96. The average Bonchev–Trinajstić information content (AvgIpc) is 3.10. The van der Waals surface area contributed by atoms with Gasteiger partial charge in [-0.2, -0.15) is 10.4 Å². The summed E-state index contributed by atoms with van der Waals surface area (Å²) in [6.07, 6.45) is 0. The van der Waals surface area contributed by atoms with Gasteiger partial charge in [0.05, 0.1) is 28.5 Å². The van der Waals surface area contributed by atoms with E-state index in [1.807, 2.05) is 33.8 Å². The van der Waals surface area contributed by atoms with E-state index in [0.717, 1.165) is 5.69 Å². The Labute approximate surface area is 173 Å². The molecule has 0 N–H and O–H groups in total. The van der Waals surface area contributed by atoms with E-state index < -0.39 is 18.3 Å². The van der Waals surface area contributed by atoms with Crippen molar-refractivity contribution in [1.82, 2.24) is 9.78 Å². The quantitative estimate of drug-likeness (QED) is 0.592. The van der Waals surface area contributed by atoms with Crippen LogP contribution >= 0.6 is 0 Å². The summed E-state index contributed by atoms with van der Waals surface area (Å²) in [5, 5.41) is 13.9. The van der Waals surface area contributed by atoms with Crippen LogP contribution in [0.15, 0.2) is 24.3 Å². The van der Waals surface area contributed by atoms with Gasteiger partial charge < -0.3 is 9.31 Å². The Morgan fingerprint density at radius 3 is 2.21 bits per heavy atom. The van der Waals surface area contributed by atoms with Crippen molar-refractivity contribution in [3.05, 3.63) is 46.8 Å². The van der Waals surface area contributed by atoms with Crippen molar-refractivity contribution >= 4 is 18.4 Å². The standard InChI is InChI=1S/C22H28BN3O3/c1-20(2,3)18-12-17(26(8)25-18)19(27)15-11-14(13-24)9-10-16(15)23-28-21(4,5)22(6,7)29-23/h9-12H,1-8H3. The minimum absolute atomic E-state index is 0.181. The maximum Gasteiger partial charge on any atom is 0.495 e. The molecule has 0 spiro atoms. The van der Waals surface area contributed by atoms with Crippen LogP contribution in [-0.2, 0) is 21.8 Å².